The molecule has 1 aromatic rings. The van der Waals surface area contributed by atoms with Crippen LogP contribution < -0.4 is 0 Å². The molecule has 3 aliphatic rings. The van der Waals surface area contributed by atoms with Crippen LogP contribution in [0.15, 0.2) is 52.3 Å². The monoisotopic (exact) mass is 343 g/mol. The van der Waals surface area contributed by atoms with E-state index in [1.165, 1.54) is 30.3 Å². The normalized spacial score (nSPS) is 31.8. The fourth-order valence-corrected chi connectivity index (χ4v) is 5.17. The van der Waals surface area contributed by atoms with Crippen molar-refractivity contribution in [3.8, 4) is 0 Å². The Morgan fingerprint density at radius 1 is 1.04 bits per heavy atom. The Kier molecular flexibility index (Phi) is 3.35. The number of nitrogens with zero attached hydrogens (tertiary/aromatic N) is 1. The Morgan fingerprint density at radius 2 is 1.67 bits per heavy atom. The summed E-state index contributed by atoms with van der Waals surface area (Å²) in [6.07, 6.45) is 6.01. The van der Waals surface area contributed by atoms with Crippen molar-refractivity contribution in [2.24, 2.45) is 23.7 Å². The first-order chi connectivity index (χ1) is 11.5. The van der Waals surface area contributed by atoms with Gasteiger partial charge in [-0.2, -0.15) is 0 Å². The molecule has 1 unspecified atom stereocenters. The van der Waals surface area contributed by atoms with Gasteiger partial charge in [-0.05, 0) is 30.4 Å². The second-order valence-corrected chi connectivity index (χ2v) is 7.74. The Bertz CT molecular complexity index is 854. The molecule has 1 fully saturated rings. The highest BCUT2D eigenvalue weighted by Gasteiger charge is 2.54. The van der Waals surface area contributed by atoms with Gasteiger partial charge in [0, 0.05) is 34.9 Å². The zero-order valence-electron chi connectivity index (χ0n) is 12.5. The third-order valence-electron chi connectivity index (χ3n) is 5.07. The van der Waals surface area contributed by atoms with E-state index in [-0.39, 0.29) is 44.8 Å². The van der Waals surface area contributed by atoms with Gasteiger partial charge in [0.05, 0.1) is 20.6 Å². The number of hydrogen-bond acceptors (Lipinski definition) is 5. The quantitative estimate of drug-likeness (QED) is 0.476. The highest BCUT2D eigenvalue weighted by molar-refractivity contribution is 7.90. The summed E-state index contributed by atoms with van der Waals surface area (Å²) in [6.45, 7) is 0. The zero-order chi connectivity index (χ0) is 17.0. The van der Waals surface area contributed by atoms with Crippen LogP contribution >= 0.6 is 0 Å². The molecule has 4 rings (SSSR count). The summed E-state index contributed by atoms with van der Waals surface area (Å²) >= 11 is 0. The van der Waals surface area contributed by atoms with E-state index in [2.05, 4.69) is 0 Å². The van der Waals surface area contributed by atoms with E-state index in [0.29, 0.717) is 0 Å². The summed E-state index contributed by atoms with van der Waals surface area (Å²) in [6, 6.07) is 5.21. The van der Waals surface area contributed by atoms with Crippen LogP contribution in [-0.2, 0) is 20.4 Å². The molecule has 1 aromatic carbocycles. The molecule has 2 bridgehead atoms. The highest BCUT2D eigenvalue weighted by Crippen LogP contribution is 2.51. The molecule has 0 spiro atoms. The Balaban J connectivity index is 1.66. The molecule has 7 heteroatoms. The number of nitro groups is 1. The number of Topliss-reactive ketones (excluding diaryl/α,β-unsaturated/α-hetero) is 1. The van der Waals surface area contributed by atoms with Crippen molar-refractivity contribution in [3.63, 3.8) is 0 Å². The van der Waals surface area contributed by atoms with Crippen molar-refractivity contribution in [1.29, 1.82) is 0 Å². The summed E-state index contributed by atoms with van der Waals surface area (Å²) < 4.78 is 12.7. The van der Waals surface area contributed by atoms with Crippen molar-refractivity contribution < 1.29 is 18.7 Å². The van der Waals surface area contributed by atoms with Gasteiger partial charge in [-0.25, -0.2) is 4.21 Å². The predicted molar refractivity (Wildman–Crippen MR) is 85.3 cm³/mol. The van der Waals surface area contributed by atoms with Crippen molar-refractivity contribution in [2.75, 3.05) is 0 Å². The van der Waals surface area contributed by atoms with E-state index >= 15 is 0 Å². The summed E-state index contributed by atoms with van der Waals surface area (Å²) in [7, 11) is -1.81. The minimum Gasteiger partial charge on any atom is -0.294 e. The topological polar surface area (TPSA) is 94.3 Å². The maximum atomic E-state index is 12.8. The van der Waals surface area contributed by atoms with Crippen molar-refractivity contribution >= 4 is 28.1 Å². The lowest BCUT2D eigenvalue weighted by atomic mass is 9.75. The molecular weight excluding hydrogens is 330 g/mol. The molecule has 0 saturated heterocycles. The first kappa shape index (κ1) is 15.1. The van der Waals surface area contributed by atoms with Crippen molar-refractivity contribution in [2.45, 2.75) is 11.3 Å². The average Bonchev–Trinajstić information content (AvgIpc) is 3.19. The minimum atomic E-state index is -1.81. The first-order valence-electron chi connectivity index (χ1n) is 7.61. The van der Waals surface area contributed by atoms with E-state index < -0.39 is 21.6 Å². The van der Waals surface area contributed by atoms with Gasteiger partial charge in [0.1, 0.15) is 0 Å². The van der Waals surface area contributed by atoms with E-state index in [1.54, 1.807) is 0 Å². The van der Waals surface area contributed by atoms with Crippen LogP contribution in [0, 0.1) is 33.8 Å². The molecule has 3 aliphatic carbocycles. The molecule has 0 N–H and O–H groups in total. The molecule has 6 nitrogen and oxygen atoms in total. The lowest BCUT2D eigenvalue weighted by Crippen LogP contribution is -2.38. The third kappa shape index (κ3) is 2.11. The second-order valence-electron chi connectivity index (χ2n) is 6.29. The molecule has 122 valence electrons. The number of ketones is 2. The Morgan fingerprint density at radius 3 is 2.29 bits per heavy atom. The van der Waals surface area contributed by atoms with Crippen LogP contribution in [0.1, 0.15) is 6.42 Å². The van der Waals surface area contributed by atoms with Crippen LogP contribution in [0.2, 0.25) is 0 Å². The van der Waals surface area contributed by atoms with Gasteiger partial charge in [-0.15, -0.1) is 0 Å². The Hall–Kier alpha value is -2.41. The molecule has 0 radical (unpaired) electrons. The highest BCUT2D eigenvalue weighted by atomic mass is 32.2. The van der Waals surface area contributed by atoms with Crippen LogP contribution in [0.5, 0.6) is 0 Å². The number of non-ortho nitro benzene ring substituents is 1. The minimum absolute atomic E-state index is 0.0102. The van der Waals surface area contributed by atoms with E-state index in [0.717, 1.165) is 6.42 Å². The maximum Gasteiger partial charge on any atom is 0.269 e. The smallest absolute Gasteiger partial charge is 0.269 e. The summed E-state index contributed by atoms with van der Waals surface area (Å²) in [5.41, 5.74) is -0.117. The van der Waals surface area contributed by atoms with Gasteiger partial charge >= 0.3 is 0 Å². The maximum absolute atomic E-state index is 12.8. The fraction of sp³-hybridized carbons (Fsp3) is 0.294. The summed E-state index contributed by atoms with van der Waals surface area (Å²) in [4.78, 5) is 35.6. The largest absolute Gasteiger partial charge is 0.294 e. The van der Waals surface area contributed by atoms with Gasteiger partial charge in [-0.3, -0.25) is 19.7 Å². The van der Waals surface area contributed by atoms with Crippen molar-refractivity contribution in [1.82, 2.24) is 0 Å². The Labute approximate surface area is 139 Å². The summed E-state index contributed by atoms with van der Waals surface area (Å²) in [5.74, 6) is -0.925. The number of nitro benzene ring substituents is 1. The van der Waals surface area contributed by atoms with E-state index in [1.807, 2.05) is 12.2 Å². The van der Waals surface area contributed by atoms with Crippen LogP contribution in [0.3, 0.4) is 0 Å². The second kappa shape index (κ2) is 5.31. The lowest BCUT2D eigenvalue weighted by Gasteiger charge is -2.29. The van der Waals surface area contributed by atoms with Gasteiger partial charge in [0.2, 0.25) is 0 Å². The molecule has 0 heterocycles. The lowest BCUT2D eigenvalue weighted by molar-refractivity contribution is -0.384. The van der Waals surface area contributed by atoms with Gasteiger partial charge in [0.25, 0.3) is 5.69 Å². The number of allylic oxidation sites excluding steroid dienone is 4. The van der Waals surface area contributed by atoms with Crippen LogP contribution in [0.25, 0.3) is 0 Å². The van der Waals surface area contributed by atoms with Crippen LogP contribution in [0.4, 0.5) is 5.69 Å². The molecule has 0 aliphatic heterocycles. The zero-order valence-corrected chi connectivity index (χ0v) is 13.3. The number of fused-ring (bicyclic) bond motifs is 5. The predicted octanol–water partition coefficient (Wildman–Crippen LogP) is 2.18. The average molecular weight is 343 g/mol. The molecule has 1 saturated carbocycles. The van der Waals surface area contributed by atoms with Crippen LogP contribution in [-0.4, -0.2) is 20.7 Å². The van der Waals surface area contributed by atoms with E-state index in [9.17, 15) is 23.9 Å². The van der Waals surface area contributed by atoms with Gasteiger partial charge < -0.3 is 0 Å². The third-order valence-corrected chi connectivity index (χ3v) is 6.49. The molecule has 0 aromatic heterocycles. The number of benzene rings is 1. The molecule has 0 amide bonds. The number of carbonyl (C=O) groups excluding carboxylic acids is 2. The van der Waals surface area contributed by atoms with Crippen molar-refractivity contribution in [3.05, 3.63) is 57.5 Å². The standard InChI is InChI=1S/C17H13NO5S/c19-13-8-14(17(20)16-10-2-1-9(7-10)15(13)16)24(23)12-5-3-11(4-6-12)18(21)22/h1-6,8-10,15-16H,7H2/t9-,10+,15+,16+,24?/m1/s1. The number of carbonyl (C=O) groups is 2. The molecule has 5 atom stereocenters. The van der Waals surface area contributed by atoms with E-state index in [4.69, 9.17) is 0 Å². The molecular formula is C17H13NO5S. The van der Waals surface area contributed by atoms with Gasteiger partial charge in [0.15, 0.2) is 11.6 Å². The fourth-order valence-electron chi connectivity index (χ4n) is 3.99. The SMILES string of the molecule is O=C1C(S(=O)c2ccc([N+](=O)[O-])cc2)=CC(=O)[C@H]2[C@@H]1[C@H]1C=C[C@@H]2C1. The first-order valence-corrected chi connectivity index (χ1v) is 8.76. The number of rotatable bonds is 3. The summed E-state index contributed by atoms with van der Waals surface area (Å²) in [5, 5.41) is 10.7. The number of hydrogen-bond donors (Lipinski definition) is 0. The van der Waals surface area contributed by atoms with Gasteiger partial charge in [-0.1, -0.05) is 12.2 Å². The molecule has 24 heavy (non-hydrogen) atoms.